The van der Waals surface area contributed by atoms with Crippen molar-refractivity contribution in [2.45, 2.75) is 103 Å². The molecule has 17 nitrogen and oxygen atoms in total. The highest BCUT2D eigenvalue weighted by atomic mass is 32.2. The van der Waals surface area contributed by atoms with Crippen molar-refractivity contribution in [3.63, 3.8) is 0 Å². The van der Waals surface area contributed by atoms with E-state index >= 15 is 0 Å². The minimum absolute atomic E-state index is 0.0793. The minimum atomic E-state index is -4.79. The third-order valence-electron chi connectivity index (χ3n) is 6.36. The third-order valence-corrected chi connectivity index (χ3v) is 7.24. The van der Waals surface area contributed by atoms with Gasteiger partial charge in [0.2, 0.25) is 5.76 Å². The second-order valence-electron chi connectivity index (χ2n) is 12.3. The van der Waals surface area contributed by atoms with Crippen LogP contribution < -0.4 is 10.5 Å². The second-order valence-corrected chi connectivity index (χ2v) is 13.7. The summed E-state index contributed by atoms with van der Waals surface area (Å²) < 4.78 is 65.2. The van der Waals surface area contributed by atoms with Crippen molar-refractivity contribution < 1.29 is 60.0 Å². The van der Waals surface area contributed by atoms with Crippen LogP contribution in [0, 0.1) is 16.0 Å². The first-order valence-corrected chi connectivity index (χ1v) is 15.2. The Morgan fingerprint density at radius 2 is 1.75 bits per heavy atom. The fraction of sp³-hybridized carbons (Fsp3) is 0.731. The number of hydrogen-bond acceptors (Lipinski definition) is 15. The van der Waals surface area contributed by atoms with Gasteiger partial charge in [-0.05, 0) is 53.0 Å². The highest BCUT2D eigenvalue weighted by molar-refractivity contribution is 7.85. The van der Waals surface area contributed by atoms with Crippen molar-refractivity contribution in [1.29, 1.82) is 0 Å². The van der Waals surface area contributed by atoms with Gasteiger partial charge in [0.15, 0.2) is 11.3 Å². The molecule has 3 rings (SSSR count). The number of carbonyl (C=O) groups is 3. The zero-order valence-corrected chi connectivity index (χ0v) is 26.3. The molecule has 1 amide bonds. The van der Waals surface area contributed by atoms with Gasteiger partial charge in [-0.1, -0.05) is 13.8 Å². The summed E-state index contributed by atoms with van der Waals surface area (Å²) in [4.78, 5) is 48.0. The molecule has 3 heterocycles. The zero-order chi connectivity index (χ0) is 33.3. The standard InChI is InChI=1S/C26H39N3O14S/c1-14(2)12-26(27,23(32)43-24(3,4)5)22(31)28-44(35,36)38-13-17-20-19(41-25(6,7)42-20)15(39-17)10-11-37-21(30)16-8-9-18(40-16)29(33)34/h8-9,14-15,17,19-20H,10-13,27H2,1-7H3,(H,28,31). The number of nitro groups is 1. The molecule has 0 saturated carbocycles. The Kier molecular flexibility index (Phi) is 10.5. The molecular weight excluding hydrogens is 610 g/mol. The highest BCUT2D eigenvalue weighted by Gasteiger charge is 2.55. The Bertz CT molecular complexity index is 1350. The zero-order valence-electron chi connectivity index (χ0n) is 25.5. The van der Waals surface area contributed by atoms with Crippen LogP contribution in [-0.2, 0) is 47.8 Å². The van der Waals surface area contributed by atoms with E-state index in [4.69, 9.17) is 38.0 Å². The summed E-state index contributed by atoms with van der Waals surface area (Å²) in [6.45, 7) is 10.6. The lowest BCUT2D eigenvalue weighted by atomic mass is 9.89. The normalized spacial score (nSPS) is 24.4. The van der Waals surface area contributed by atoms with Crippen LogP contribution >= 0.6 is 0 Å². The molecule has 0 radical (unpaired) electrons. The molecule has 18 heteroatoms. The number of esters is 2. The molecular formula is C26H39N3O14S. The summed E-state index contributed by atoms with van der Waals surface area (Å²) in [7, 11) is -4.79. The SMILES string of the molecule is CC(C)CC(N)(C(=O)NS(=O)(=O)OCC1OC(CCOC(=O)c2ccc([N+](=O)[O-])o2)C2OC(C)(C)OC12)C(=O)OC(C)(C)C. The number of ether oxygens (including phenoxy) is 5. The van der Waals surface area contributed by atoms with Gasteiger partial charge in [-0.25, -0.2) is 14.3 Å². The highest BCUT2D eigenvalue weighted by Crippen LogP contribution is 2.40. The Balaban J connectivity index is 1.62. The van der Waals surface area contributed by atoms with Gasteiger partial charge in [0.25, 0.3) is 5.91 Å². The van der Waals surface area contributed by atoms with Gasteiger partial charge < -0.3 is 33.8 Å². The predicted molar refractivity (Wildman–Crippen MR) is 148 cm³/mol. The smallest absolute Gasteiger partial charge is 0.433 e. The van der Waals surface area contributed by atoms with Crippen LogP contribution in [0.15, 0.2) is 16.5 Å². The molecule has 5 unspecified atom stereocenters. The molecule has 0 aliphatic carbocycles. The molecule has 44 heavy (non-hydrogen) atoms. The second kappa shape index (κ2) is 13.1. The van der Waals surface area contributed by atoms with E-state index in [9.17, 15) is 32.9 Å². The number of hydrogen-bond donors (Lipinski definition) is 2. The van der Waals surface area contributed by atoms with Crippen LogP contribution in [0.3, 0.4) is 0 Å². The van der Waals surface area contributed by atoms with Crippen molar-refractivity contribution in [3.05, 3.63) is 28.0 Å². The summed E-state index contributed by atoms with van der Waals surface area (Å²) in [6.07, 6.45) is -3.35. The molecule has 0 aromatic carbocycles. The van der Waals surface area contributed by atoms with Crippen molar-refractivity contribution in [2.75, 3.05) is 13.2 Å². The number of amides is 1. The number of nitrogens with one attached hydrogen (secondary N) is 1. The van der Waals surface area contributed by atoms with Crippen LogP contribution in [-0.4, -0.2) is 85.7 Å². The molecule has 2 saturated heterocycles. The Labute approximate surface area is 254 Å². The topological polar surface area (TPSA) is 235 Å². The first kappa shape index (κ1) is 35.3. The maximum atomic E-state index is 13.0. The average molecular weight is 650 g/mol. The van der Waals surface area contributed by atoms with E-state index in [0.717, 1.165) is 12.1 Å². The van der Waals surface area contributed by atoms with Crippen LogP contribution in [0.5, 0.6) is 0 Å². The monoisotopic (exact) mass is 649 g/mol. The largest absolute Gasteiger partial charge is 0.460 e. The molecule has 3 N–H and O–H groups in total. The molecule has 2 aliphatic heterocycles. The van der Waals surface area contributed by atoms with Crippen LogP contribution in [0.2, 0.25) is 0 Å². The Morgan fingerprint density at radius 1 is 1.14 bits per heavy atom. The fourth-order valence-corrected chi connectivity index (χ4v) is 5.47. The maximum absolute atomic E-state index is 13.0. The van der Waals surface area contributed by atoms with E-state index in [1.54, 1.807) is 53.2 Å². The number of furan rings is 1. The molecule has 5 atom stereocenters. The van der Waals surface area contributed by atoms with E-state index in [0.29, 0.717) is 0 Å². The van der Waals surface area contributed by atoms with E-state index in [2.05, 4.69) is 0 Å². The Morgan fingerprint density at radius 3 is 2.30 bits per heavy atom. The van der Waals surface area contributed by atoms with Gasteiger partial charge in [0.05, 0.1) is 25.4 Å². The lowest BCUT2D eigenvalue weighted by Gasteiger charge is -2.31. The van der Waals surface area contributed by atoms with E-state index < -0.39 is 86.9 Å². The van der Waals surface area contributed by atoms with E-state index in [1.807, 2.05) is 0 Å². The Hall–Kier alpha value is -3.16. The molecule has 1 aromatic rings. The maximum Gasteiger partial charge on any atom is 0.433 e. The van der Waals surface area contributed by atoms with Crippen LogP contribution in [0.4, 0.5) is 5.88 Å². The van der Waals surface area contributed by atoms with Crippen LogP contribution in [0.25, 0.3) is 0 Å². The number of nitrogens with two attached hydrogens (primary N) is 1. The van der Waals surface area contributed by atoms with Gasteiger partial charge in [-0.15, -0.1) is 0 Å². The van der Waals surface area contributed by atoms with E-state index in [-0.39, 0.29) is 31.1 Å². The van der Waals surface area contributed by atoms with Gasteiger partial charge in [-0.3, -0.25) is 19.1 Å². The fourth-order valence-electron chi connectivity index (χ4n) is 4.69. The lowest BCUT2D eigenvalue weighted by molar-refractivity contribution is -0.402. The molecule has 2 aliphatic rings. The predicted octanol–water partition coefficient (Wildman–Crippen LogP) is 1.49. The van der Waals surface area contributed by atoms with Crippen molar-refractivity contribution in [3.8, 4) is 0 Å². The molecule has 248 valence electrons. The van der Waals surface area contributed by atoms with Gasteiger partial charge >= 0.3 is 28.1 Å². The minimum Gasteiger partial charge on any atom is -0.460 e. The summed E-state index contributed by atoms with van der Waals surface area (Å²) in [5, 5.41) is 10.8. The number of fused-ring (bicyclic) bond motifs is 1. The summed E-state index contributed by atoms with van der Waals surface area (Å²) >= 11 is 0. The first-order chi connectivity index (χ1) is 20.1. The number of carbonyl (C=O) groups excluding carboxylic acids is 3. The lowest BCUT2D eigenvalue weighted by Crippen LogP contribution is -2.62. The number of nitrogens with zero attached hydrogens (tertiary/aromatic N) is 1. The third kappa shape index (κ3) is 8.95. The summed E-state index contributed by atoms with van der Waals surface area (Å²) in [5.74, 6) is -5.66. The molecule has 2 fully saturated rings. The summed E-state index contributed by atoms with van der Waals surface area (Å²) in [5.41, 5.74) is 2.81. The van der Waals surface area contributed by atoms with Gasteiger partial charge in [0.1, 0.15) is 28.8 Å². The van der Waals surface area contributed by atoms with Gasteiger partial charge in [-0.2, -0.15) is 8.42 Å². The summed E-state index contributed by atoms with van der Waals surface area (Å²) in [6, 6.07) is 2.13. The van der Waals surface area contributed by atoms with Gasteiger partial charge in [0, 0.05) is 6.42 Å². The van der Waals surface area contributed by atoms with Crippen molar-refractivity contribution in [1.82, 2.24) is 4.72 Å². The molecule has 1 aromatic heterocycles. The van der Waals surface area contributed by atoms with Crippen molar-refractivity contribution in [2.24, 2.45) is 11.7 Å². The van der Waals surface area contributed by atoms with Crippen molar-refractivity contribution >= 4 is 34.0 Å². The van der Waals surface area contributed by atoms with E-state index in [1.165, 1.54) is 0 Å². The van der Waals surface area contributed by atoms with Crippen LogP contribution in [0.1, 0.15) is 71.9 Å². The molecule has 0 spiro atoms. The molecule has 0 bridgehead atoms. The first-order valence-electron chi connectivity index (χ1n) is 13.8. The number of rotatable bonds is 13. The quantitative estimate of drug-likeness (QED) is 0.133. The average Bonchev–Trinajstić information content (AvgIpc) is 3.55.